The number of fused-ring (bicyclic) bond motifs is 1. The van der Waals surface area contributed by atoms with Crippen molar-refractivity contribution < 1.29 is 14.4 Å². The number of benzene rings is 1. The Kier molecular flexibility index (Phi) is 4.40. The molecule has 26 heavy (non-hydrogen) atoms. The zero-order chi connectivity index (χ0) is 18.3. The summed E-state index contributed by atoms with van der Waals surface area (Å²) in [5.41, 5.74) is 1.05. The molecule has 1 aromatic carbocycles. The minimum Gasteiger partial charge on any atom is -0.353 e. The van der Waals surface area contributed by atoms with Crippen LogP contribution in [0.5, 0.6) is 0 Å². The van der Waals surface area contributed by atoms with Crippen molar-refractivity contribution in [1.29, 1.82) is 0 Å². The summed E-state index contributed by atoms with van der Waals surface area (Å²) in [6.07, 6.45) is 0.862. The van der Waals surface area contributed by atoms with Gasteiger partial charge in [-0.25, -0.2) is 0 Å². The van der Waals surface area contributed by atoms with E-state index in [1.165, 1.54) is 11.3 Å². The molecule has 2 saturated heterocycles. The molecule has 3 heterocycles. The highest BCUT2D eigenvalue weighted by Gasteiger charge is 2.33. The van der Waals surface area contributed by atoms with Crippen LogP contribution in [0, 0.1) is 0 Å². The summed E-state index contributed by atoms with van der Waals surface area (Å²) in [6, 6.07) is 8.04. The largest absolute Gasteiger partial charge is 0.353 e. The molecule has 2 aliphatic heterocycles. The van der Waals surface area contributed by atoms with Gasteiger partial charge in [-0.1, -0.05) is 18.2 Å². The third-order valence-corrected chi connectivity index (χ3v) is 6.37. The molecule has 1 aromatic heterocycles. The second kappa shape index (κ2) is 6.72. The summed E-state index contributed by atoms with van der Waals surface area (Å²) in [7, 11) is 0. The van der Waals surface area contributed by atoms with Gasteiger partial charge in [0.05, 0.1) is 11.4 Å². The summed E-state index contributed by atoms with van der Waals surface area (Å²) in [5.74, 6) is 0.0495. The minimum absolute atomic E-state index is 0.0719. The molecule has 2 fully saturated rings. The molecule has 136 valence electrons. The van der Waals surface area contributed by atoms with Crippen LogP contribution < -0.4 is 5.32 Å². The molecule has 6 nitrogen and oxygen atoms in total. The molecule has 0 aliphatic carbocycles. The Labute approximate surface area is 155 Å². The molecule has 0 unspecified atom stereocenters. The quantitative estimate of drug-likeness (QED) is 0.875. The zero-order valence-corrected chi connectivity index (χ0v) is 15.5. The van der Waals surface area contributed by atoms with Crippen LogP contribution in [-0.2, 0) is 9.59 Å². The van der Waals surface area contributed by atoms with Gasteiger partial charge in [0.25, 0.3) is 5.91 Å². The molecule has 0 saturated carbocycles. The average Bonchev–Trinajstić information content (AvgIpc) is 3.25. The number of nitrogens with one attached hydrogen (secondary N) is 1. The Morgan fingerprint density at radius 2 is 2.00 bits per heavy atom. The maximum Gasteiger partial charge on any atom is 0.264 e. The van der Waals surface area contributed by atoms with Crippen LogP contribution in [0.25, 0.3) is 10.1 Å². The molecule has 0 bridgehead atoms. The fourth-order valence-electron chi connectivity index (χ4n) is 3.87. The van der Waals surface area contributed by atoms with Crippen molar-refractivity contribution >= 4 is 39.1 Å². The zero-order valence-electron chi connectivity index (χ0n) is 14.7. The first-order valence-electron chi connectivity index (χ1n) is 8.87. The number of hydrogen-bond acceptors (Lipinski definition) is 4. The van der Waals surface area contributed by atoms with Crippen molar-refractivity contribution in [1.82, 2.24) is 15.1 Å². The van der Waals surface area contributed by atoms with Crippen molar-refractivity contribution in [2.24, 2.45) is 0 Å². The smallest absolute Gasteiger partial charge is 0.264 e. The summed E-state index contributed by atoms with van der Waals surface area (Å²) in [4.78, 5) is 40.8. The molecule has 2 aliphatic rings. The van der Waals surface area contributed by atoms with Gasteiger partial charge in [-0.05, 0) is 23.4 Å². The number of likely N-dealkylation sites (tertiary alicyclic amines) is 1. The third-order valence-electron chi connectivity index (χ3n) is 5.20. The van der Waals surface area contributed by atoms with E-state index in [2.05, 4.69) is 11.4 Å². The topological polar surface area (TPSA) is 69.7 Å². The number of nitrogens with zero attached hydrogens (tertiary/aromatic N) is 2. The Morgan fingerprint density at radius 1 is 1.19 bits per heavy atom. The van der Waals surface area contributed by atoms with E-state index in [-0.39, 0.29) is 30.2 Å². The van der Waals surface area contributed by atoms with Gasteiger partial charge >= 0.3 is 0 Å². The van der Waals surface area contributed by atoms with Crippen LogP contribution in [0.15, 0.2) is 24.3 Å². The number of rotatable bonds is 2. The first kappa shape index (κ1) is 17.0. The van der Waals surface area contributed by atoms with Gasteiger partial charge in [0, 0.05) is 43.7 Å². The number of hydrogen-bond donors (Lipinski definition) is 1. The highest BCUT2D eigenvalue weighted by molar-refractivity contribution is 7.21. The number of piperazine rings is 1. The monoisotopic (exact) mass is 371 g/mol. The number of carbonyl (C=O) groups is 3. The lowest BCUT2D eigenvalue weighted by Gasteiger charge is -2.27. The third kappa shape index (κ3) is 2.96. The molecule has 4 rings (SSSR count). The number of carbonyl (C=O) groups excluding carboxylic acids is 3. The van der Waals surface area contributed by atoms with Gasteiger partial charge in [0.15, 0.2) is 0 Å². The first-order valence-corrected chi connectivity index (χ1v) is 9.69. The van der Waals surface area contributed by atoms with Crippen molar-refractivity contribution in [2.75, 3.05) is 32.7 Å². The van der Waals surface area contributed by atoms with Crippen LogP contribution in [0.4, 0.5) is 0 Å². The second-order valence-electron chi connectivity index (χ2n) is 6.87. The minimum atomic E-state index is -0.115. The molecule has 1 N–H and O–H groups in total. The Balaban J connectivity index is 1.73. The Morgan fingerprint density at radius 3 is 2.73 bits per heavy atom. The van der Waals surface area contributed by atoms with E-state index >= 15 is 0 Å². The fraction of sp³-hybridized carbons (Fsp3) is 0.421. The summed E-state index contributed by atoms with van der Waals surface area (Å²) < 4.78 is 1.08. The van der Waals surface area contributed by atoms with Crippen LogP contribution in [0.1, 0.15) is 34.5 Å². The fourth-order valence-corrected chi connectivity index (χ4v) is 5.12. The van der Waals surface area contributed by atoms with E-state index in [0.717, 1.165) is 33.5 Å². The molecule has 2 aromatic rings. The lowest BCUT2D eigenvalue weighted by atomic mass is 9.94. The van der Waals surface area contributed by atoms with Gasteiger partial charge in [-0.3, -0.25) is 14.4 Å². The highest BCUT2D eigenvalue weighted by Crippen LogP contribution is 2.40. The predicted molar refractivity (Wildman–Crippen MR) is 100 cm³/mol. The molecule has 0 spiro atoms. The molecule has 7 heteroatoms. The van der Waals surface area contributed by atoms with Crippen molar-refractivity contribution in [3.05, 3.63) is 34.7 Å². The van der Waals surface area contributed by atoms with E-state index < -0.39 is 0 Å². The maximum absolute atomic E-state index is 13.2. The van der Waals surface area contributed by atoms with Gasteiger partial charge in [0.2, 0.25) is 11.8 Å². The second-order valence-corrected chi connectivity index (χ2v) is 7.92. The van der Waals surface area contributed by atoms with Crippen molar-refractivity contribution in [3.63, 3.8) is 0 Å². The summed E-state index contributed by atoms with van der Waals surface area (Å²) in [5, 5.41) is 3.85. The van der Waals surface area contributed by atoms with Crippen LogP contribution in [0.2, 0.25) is 0 Å². The van der Waals surface area contributed by atoms with E-state index in [9.17, 15) is 14.4 Å². The van der Waals surface area contributed by atoms with Crippen LogP contribution >= 0.6 is 11.3 Å². The van der Waals surface area contributed by atoms with Gasteiger partial charge in [-0.15, -0.1) is 11.3 Å². The van der Waals surface area contributed by atoms with Gasteiger partial charge in [0.1, 0.15) is 0 Å². The maximum atomic E-state index is 13.2. The molecule has 3 amide bonds. The first-order chi connectivity index (χ1) is 12.5. The standard InChI is InChI=1S/C19H21N3O3S/c1-12(23)21-8-6-13(10-21)17-14-4-2-3-5-15(14)26-18(17)19(25)22-9-7-20-16(24)11-22/h2-5,13H,6-11H2,1H3,(H,20,24)/t13-/m0/s1. The van der Waals surface area contributed by atoms with E-state index in [1.807, 2.05) is 23.1 Å². The van der Waals surface area contributed by atoms with Crippen LogP contribution in [-0.4, -0.2) is 60.2 Å². The van der Waals surface area contributed by atoms with Crippen molar-refractivity contribution in [3.8, 4) is 0 Å². The average molecular weight is 371 g/mol. The van der Waals surface area contributed by atoms with E-state index in [0.29, 0.717) is 19.6 Å². The molecular weight excluding hydrogens is 350 g/mol. The SMILES string of the molecule is CC(=O)N1CC[C@H](c2c(C(=O)N3CCNC(=O)C3)sc3ccccc23)C1. The lowest BCUT2D eigenvalue weighted by molar-refractivity contribution is -0.127. The Hall–Kier alpha value is -2.41. The summed E-state index contributed by atoms with van der Waals surface area (Å²) >= 11 is 1.50. The summed E-state index contributed by atoms with van der Waals surface area (Å²) in [6.45, 7) is 4.10. The van der Waals surface area contributed by atoms with Crippen LogP contribution in [0.3, 0.4) is 0 Å². The molecular formula is C19H21N3O3S. The predicted octanol–water partition coefficient (Wildman–Crippen LogP) is 1.81. The normalized spacial score (nSPS) is 20.5. The number of amides is 3. The van der Waals surface area contributed by atoms with E-state index in [4.69, 9.17) is 0 Å². The Bertz CT molecular complexity index is 891. The van der Waals surface area contributed by atoms with E-state index in [1.54, 1.807) is 11.8 Å². The number of thiophene rings is 1. The molecule has 1 atom stereocenters. The highest BCUT2D eigenvalue weighted by atomic mass is 32.1. The van der Waals surface area contributed by atoms with Gasteiger partial charge < -0.3 is 15.1 Å². The van der Waals surface area contributed by atoms with Crippen molar-refractivity contribution in [2.45, 2.75) is 19.3 Å². The lowest BCUT2D eigenvalue weighted by Crippen LogP contribution is -2.50. The molecule has 0 radical (unpaired) electrons. The van der Waals surface area contributed by atoms with Gasteiger partial charge in [-0.2, -0.15) is 0 Å².